The van der Waals surface area contributed by atoms with E-state index in [1.165, 1.54) is 7.11 Å². The van der Waals surface area contributed by atoms with Crippen molar-refractivity contribution in [1.82, 2.24) is 4.90 Å². The molecule has 1 fully saturated rings. The maximum atomic E-state index is 13.9. The van der Waals surface area contributed by atoms with Gasteiger partial charge in [-0.15, -0.1) is 0 Å². The minimum atomic E-state index is -0.606. The standard InChI is InChI=1S/C27H36FNO4/c1-19-10-11-21(16-26(19)28)15-23-8-6-14-29(23)17-24(30)18-33-20(2)25-9-5-4-7-22(25)12-13-27(31)32-3/h4-5,7,9-11,16,20,23-24,30H,6,8,12-15,17-18H2,1-3H3/t20-,23+,24-/m1/s1. The summed E-state index contributed by atoms with van der Waals surface area (Å²) in [6.07, 6.45) is 3.03. The van der Waals surface area contributed by atoms with Crippen LogP contribution in [0.4, 0.5) is 4.39 Å². The molecular formula is C27H36FNO4. The minimum Gasteiger partial charge on any atom is -0.469 e. The lowest BCUT2D eigenvalue weighted by atomic mass is 9.99. The topological polar surface area (TPSA) is 59.0 Å². The number of aliphatic hydroxyl groups excluding tert-OH is 1. The van der Waals surface area contributed by atoms with Crippen molar-refractivity contribution in [3.63, 3.8) is 0 Å². The Morgan fingerprint density at radius 3 is 2.82 bits per heavy atom. The van der Waals surface area contributed by atoms with Crippen LogP contribution in [-0.4, -0.2) is 54.9 Å². The number of esters is 1. The minimum absolute atomic E-state index is 0.161. The Morgan fingerprint density at radius 2 is 2.06 bits per heavy atom. The average molecular weight is 458 g/mol. The van der Waals surface area contributed by atoms with Gasteiger partial charge in [-0.1, -0.05) is 36.4 Å². The molecule has 0 radical (unpaired) electrons. The molecule has 0 aliphatic carbocycles. The van der Waals surface area contributed by atoms with E-state index in [4.69, 9.17) is 9.47 Å². The smallest absolute Gasteiger partial charge is 0.305 e. The number of carbonyl (C=O) groups is 1. The highest BCUT2D eigenvalue weighted by Gasteiger charge is 2.27. The molecule has 2 aromatic carbocycles. The number of rotatable bonds is 11. The second-order valence-electron chi connectivity index (χ2n) is 8.98. The number of ether oxygens (including phenoxy) is 2. The molecule has 5 nitrogen and oxygen atoms in total. The molecule has 1 aliphatic heterocycles. The fourth-order valence-electron chi connectivity index (χ4n) is 4.57. The second-order valence-corrected chi connectivity index (χ2v) is 8.98. The predicted octanol–water partition coefficient (Wildman–Crippen LogP) is 4.39. The van der Waals surface area contributed by atoms with Crippen LogP contribution in [0.3, 0.4) is 0 Å². The van der Waals surface area contributed by atoms with E-state index in [0.717, 1.165) is 42.5 Å². The van der Waals surface area contributed by atoms with Crippen LogP contribution in [0.5, 0.6) is 0 Å². The van der Waals surface area contributed by atoms with Crippen LogP contribution in [0.25, 0.3) is 0 Å². The van der Waals surface area contributed by atoms with Crippen molar-refractivity contribution in [2.45, 2.75) is 64.2 Å². The largest absolute Gasteiger partial charge is 0.469 e. The molecular weight excluding hydrogens is 421 g/mol. The van der Waals surface area contributed by atoms with Gasteiger partial charge in [0.15, 0.2) is 0 Å². The van der Waals surface area contributed by atoms with Crippen LogP contribution in [0.2, 0.25) is 0 Å². The first-order valence-corrected chi connectivity index (χ1v) is 11.8. The summed E-state index contributed by atoms with van der Waals surface area (Å²) in [7, 11) is 1.39. The van der Waals surface area contributed by atoms with Crippen LogP contribution in [0, 0.1) is 12.7 Å². The molecule has 1 N–H and O–H groups in total. The number of β-amino-alcohol motifs (C(OH)–C–C–N with tert-alkyl or cyclic N) is 1. The highest BCUT2D eigenvalue weighted by molar-refractivity contribution is 5.69. The molecule has 180 valence electrons. The Hall–Kier alpha value is -2.28. The second kappa shape index (κ2) is 12.3. The number of halogens is 1. The summed E-state index contributed by atoms with van der Waals surface area (Å²) in [6.45, 7) is 5.44. The van der Waals surface area contributed by atoms with E-state index >= 15 is 0 Å². The molecule has 33 heavy (non-hydrogen) atoms. The van der Waals surface area contributed by atoms with Crippen molar-refractivity contribution >= 4 is 5.97 Å². The van der Waals surface area contributed by atoms with Gasteiger partial charge >= 0.3 is 5.97 Å². The third-order valence-electron chi connectivity index (χ3n) is 6.51. The fourth-order valence-corrected chi connectivity index (χ4v) is 4.57. The lowest BCUT2D eigenvalue weighted by Crippen LogP contribution is -2.39. The summed E-state index contributed by atoms with van der Waals surface area (Å²) in [4.78, 5) is 13.8. The lowest BCUT2D eigenvalue weighted by Gasteiger charge is -2.27. The number of methoxy groups -OCH3 is 1. The van der Waals surface area contributed by atoms with Crippen molar-refractivity contribution in [2.24, 2.45) is 0 Å². The average Bonchev–Trinajstić information content (AvgIpc) is 3.24. The zero-order valence-corrected chi connectivity index (χ0v) is 19.9. The molecule has 0 unspecified atom stereocenters. The highest BCUT2D eigenvalue weighted by atomic mass is 19.1. The van der Waals surface area contributed by atoms with Gasteiger partial charge in [0.1, 0.15) is 5.82 Å². The summed E-state index contributed by atoms with van der Waals surface area (Å²) in [6, 6.07) is 13.7. The van der Waals surface area contributed by atoms with E-state index in [0.29, 0.717) is 31.0 Å². The molecule has 1 heterocycles. The Morgan fingerprint density at radius 1 is 1.27 bits per heavy atom. The molecule has 0 aromatic heterocycles. The maximum Gasteiger partial charge on any atom is 0.305 e. The van der Waals surface area contributed by atoms with Gasteiger partial charge < -0.3 is 14.6 Å². The number of hydrogen-bond donors (Lipinski definition) is 1. The molecule has 6 heteroatoms. The third-order valence-corrected chi connectivity index (χ3v) is 6.51. The van der Waals surface area contributed by atoms with Crippen molar-refractivity contribution in [2.75, 3.05) is 26.8 Å². The predicted molar refractivity (Wildman–Crippen MR) is 127 cm³/mol. The Bertz CT molecular complexity index is 919. The van der Waals surface area contributed by atoms with Gasteiger partial charge in [0.25, 0.3) is 0 Å². The zero-order valence-electron chi connectivity index (χ0n) is 19.9. The van der Waals surface area contributed by atoms with Gasteiger partial charge in [0.05, 0.1) is 25.9 Å². The van der Waals surface area contributed by atoms with Crippen molar-refractivity contribution in [3.05, 3.63) is 70.5 Å². The molecule has 1 saturated heterocycles. The Balaban J connectivity index is 1.51. The third kappa shape index (κ3) is 7.36. The van der Waals surface area contributed by atoms with Gasteiger partial charge in [-0.05, 0) is 74.4 Å². The van der Waals surface area contributed by atoms with E-state index in [1.807, 2.05) is 43.3 Å². The molecule has 3 atom stereocenters. The summed E-state index contributed by atoms with van der Waals surface area (Å²) in [5, 5.41) is 10.7. The van der Waals surface area contributed by atoms with Crippen LogP contribution in [-0.2, 0) is 27.1 Å². The lowest BCUT2D eigenvalue weighted by molar-refractivity contribution is -0.140. The maximum absolute atomic E-state index is 13.9. The van der Waals surface area contributed by atoms with Gasteiger partial charge in [-0.2, -0.15) is 0 Å². The number of hydrogen-bond acceptors (Lipinski definition) is 5. The Labute approximate surface area is 196 Å². The molecule has 0 saturated carbocycles. The summed E-state index contributed by atoms with van der Waals surface area (Å²) >= 11 is 0. The molecule has 0 bridgehead atoms. The fraction of sp³-hybridized carbons (Fsp3) is 0.519. The van der Waals surface area contributed by atoms with Gasteiger partial charge in [0.2, 0.25) is 0 Å². The van der Waals surface area contributed by atoms with Gasteiger partial charge in [-0.3, -0.25) is 9.69 Å². The summed E-state index contributed by atoms with van der Waals surface area (Å²) in [5.74, 6) is -0.395. The first kappa shape index (κ1) is 25.3. The normalized spacial score (nSPS) is 18.3. The number of aliphatic hydroxyl groups is 1. The molecule has 1 aliphatic rings. The SMILES string of the molecule is COC(=O)CCc1ccccc1[C@@H](C)OC[C@H](O)CN1CCC[C@H]1Cc1ccc(C)c(F)c1. The van der Waals surface area contributed by atoms with Crippen LogP contribution in [0.1, 0.15) is 54.5 Å². The summed E-state index contributed by atoms with van der Waals surface area (Å²) in [5.41, 5.74) is 3.73. The van der Waals surface area contributed by atoms with Crippen LogP contribution >= 0.6 is 0 Å². The highest BCUT2D eigenvalue weighted by Crippen LogP contribution is 2.25. The van der Waals surface area contributed by atoms with Crippen LogP contribution < -0.4 is 0 Å². The first-order valence-electron chi connectivity index (χ1n) is 11.8. The van der Waals surface area contributed by atoms with Gasteiger partial charge in [0, 0.05) is 19.0 Å². The van der Waals surface area contributed by atoms with Crippen LogP contribution in [0.15, 0.2) is 42.5 Å². The van der Waals surface area contributed by atoms with Gasteiger partial charge in [-0.25, -0.2) is 4.39 Å². The van der Waals surface area contributed by atoms with E-state index in [-0.39, 0.29) is 24.5 Å². The zero-order chi connectivity index (χ0) is 23.8. The Kier molecular flexibility index (Phi) is 9.41. The summed E-state index contributed by atoms with van der Waals surface area (Å²) < 4.78 is 24.7. The van der Waals surface area contributed by atoms with E-state index in [9.17, 15) is 14.3 Å². The number of aryl methyl sites for hydroxylation is 2. The number of nitrogens with zero attached hydrogens (tertiary/aromatic N) is 1. The molecule has 0 amide bonds. The number of carbonyl (C=O) groups excluding carboxylic acids is 1. The first-order chi connectivity index (χ1) is 15.9. The number of benzene rings is 2. The quantitative estimate of drug-likeness (QED) is 0.508. The number of likely N-dealkylation sites (tertiary alicyclic amines) is 1. The monoisotopic (exact) mass is 457 g/mol. The van der Waals surface area contributed by atoms with Crippen molar-refractivity contribution < 1.29 is 23.8 Å². The van der Waals surface area contributed by atoms with E-state index in [2.05, 4.69) is 4.90 Å². The van der Waals surface area contributed by atoms with E-state index < -0.39 is 6.10 Å². The molecule has 2 aromatic rings. The van der Waals surface area contributed by atoms with Crippen molar-refractivity contribution in [1.29, 1.82) is 0 Å². The van der Waals surface area contributed by atoms with Crippen molar-refractivity contribution in [3.8, 4) is 0 Å². The molecule has 3 rings (SSSR count). The van der Waals surface area contributed by atoms with E-state index in [1.54, 1.807) is 13.0 Å². The molecule has 0 spiro atoms.